The molecule has 1 aromatic rings. The van der Waals surface area contributed by atoms with Gasteiger partial charge in [-0.3, -0.25) is 4.79 Å². The third kappa shape index (κ3) is 4.76. The summed E-state index contributed by atoms with van der Waals surface area (Å²) in [5.74, 6) is 2.73. The van der Waals surface area contributed by atoms with Gasteiger partial charge in [0.2, 0.25) is 0 Å². The Labute approximate surface area is 117 Å². The number of hydrogen-bond acceptors (Lipinski definition) is 5. The highest BCUT2D eigenvalue weighted by atomic mass is 32.2. The second-order valence-electron chi connectivity index (χ2n) is 4.44. The van der Waals surface area contributed by atoms with Crippen LogP contribution in [-0.2, 0) is 16.1 Å². The molecule has 1 aliphatic heterocycles. The number of methoxy groups -OCH3 is 1. The molecule has 0 aromatic heterocycles. The minimum atomic E-state index is -0.150. The first kappa shape index (κ1) is 14.2. The van der Waals surface area contributed by atoms with Crippen LogP contribution < -0.4 is 10.1 Å². The monoisotopic (exact) mass is 281 g/mol. The van der Waals surface area contributed by atoms with Crippen molar-refractivity contribution in [1.82, 2.24) is 5.32 Å². The number of carbonyl (C=O) groups excluding carboxylic acids is 1. The summed E-state index contributed by atoms with van der Waals surface area (Å²) in [4.78, 5) is 11.7. The quantitative estimate of drug-likeness (QED) is 0.834. The number of esters is 1. The van der Waals surface area contributed by atoms with Crippen molar-refractivity contribution in [2.75, 3.05) is 25.2 Å². The van der Waals surface area contributed by atoms with E-state index in [9.17, 15) is 4.79 Å². The molecule has 1 N–H and O–H groups in total. The zero-order chi connectivity index (χ0) is 13.5. The molecular weight excluding hydrogens is 262 g/mol. The maximum atomic E-state index is 11.7. The molecule has 19 heavy (non-hydrogen) atoms. The van der Waals surface area contributed by atoms with Gasteiger partial charge in [0.1, 0.15) is 12.4 Å². The molecule has 0 bridgehead atoms. The van der Waals surface area contributed by atoms with Crippen LogP contribution in [0.4, 0.5) is 0 Å². The van der Waals surface area contributed by atoms with Gasteiger partial charge in [-0.2, -0.15) is 11.8 Å². The third-order valence-corrected chi connectivity index (χ3v) is 4.08. The Morgan fingerprint density at radius 2 is 2.42 bits per heavy atom. The zero-order valence-electron chi connectivity index (χ0n) is 11.1. The van der Waals surface area contributed by atoms with E-state index in [2.05, 4.69) is 5.32 Å². The second-order valence-corrected chi connectivity index (χ2v) is 5.59. The average molecular weight is 281 g/mol. The lowest BCUT2D eigenvalue weighted by Crippen LogP contribution is -2.39. The van der Waals surface area contributed by atoms with Crippen LogP contribution in [0.2, 0.25) is 0 Å². The highest BCUT2D eigenvalue weighted by molar-refractivity contribution is 7.99. The van der Waals surface area contributed by atoms with Crippen molar-refractivity contribution in [1.29, 1.82) is 0 Å². The molecule has 1 saturated heterocycles. The lowest BCUT2D eigenvalue weighted by atomic mass is 10.2. The molecule has 5 heteroatoms. The standard InChI is InChI=1S/C14H19NO3S/c1-17-13-4-2-3-11(7-13)9-18-14(16)8-12-10-19-6-5-15-12/h2-4,7,12,15H,5-6,8-10H2,1H3. The van der Waals surface area contributed by atoms with Gasteiger partial charge in [-0.25, -0.2) is 0 Å². The van der Waals surface area contributed by atoms with Gasteiger partial charge in [-0.05, 0) is 17.7 Å². The van der Waals surface area contributed by atoms with Crippen LogP contribution in [0, 0.1) is 0 Å². The maximum absolute atomic E-state index is 11.7. The van der Waals surface area contributed by atoms with Crippen LogP contribution in [-0.4, -0.2) is 37.2 Å². The van der Waals surface area contributed by atoms with Crippen molar-refractivity contribution in [3.63, 3.8) is 0 Å². The van der Waals surface area contributed by atoms with Gasteiger partial charge in [0.15, 0.2) is 0 Å². The van der Waals surface area contributed by atoms with Crippen LogP contribution in [0.5, 0.6) is 5.75 Å². The largest absolute Gasteiger partial charge is 0.497 e. The molecule has 2 rings (SSSR count). The lowest BCUT2D eigenvalue weighted by molar-refractivity contribution is -0.145. The molecule has 1 aromatic carbocycles. The Kier molecular flexibility index (Phi) is 5.54. The Morgan fingerprint density at radius 3 is 3.16 bits per heavy atom. The van der Waals surface area contributed by atoms with Crippen molar-refractivity contribution in [3.8, 4) is 5.75 Å². The fourth-order valence-corrected chi connectivity index (χ4v) is 2.89. The van der Waals surface area contributed by atoms with Gasteiger partial charge >= 0.3 is 5.97 Å². The minimum absolute atomic E-state index is 0.150. The van der Waals surface area contributed by atoms with E-state index in [0.717, 1.165) is 29.4 Å². The molecule has 0 aliphatic carbocycles. The first-order valence-corrected chi connectivity index (χ1v) is 7.53. The fraction of sp³-hybridized carbons (Fsp3) is 0.500. The van der Waals surface area contributed by atoms with Gasteiger partial charge in [0.25, 0.3) is 0 Å². The highest BCUT2D eigenvalue weighted by Crippen LogP contribution is 2.14. The van der Waals surface area contributed by atoms with E-state index in [4.69, 9.17) is 9.47 Å². The van der Waals surface area contributed by atoms with Gasteiger partial charge in [-0.1, -0.05) is 12.1 Å². The first-order chi connectivity index (χ1) is 9.28. The number of carbonyl (C=O) groups is 1. The number of ether oxygens (including phenoxy) is 2. The van der Waals surface area contributed by atoms with E-state index in [0.29, 0.717) is 13.0 Å². The van der Waals surface area contributed by atoms with Crippen molar-refractivity contribution in [3.05, 3.63) is 29.8 Å². The highest BCUT2D eigenvalue weighted by Gasteiger charge is 2.17. The average Bonchev–Trinajstić information content (AvgIpc) is 2.46. The SMILES string of the molecule is COc1cccc(COC(=O)CC2CSCCN2)c1. The van der Waals surface area contributed by atoms with Crippen LogP contribution in [0.3, 0.4) is 0 Å². The lowest BCUT2D eigenvalue weighted by Gasteiger charge is -2.22. The Hall–Kier alpha value is -1.20. The minimum Gasteiger partial charge on any atom is -0.497 e. The van der Waals surface area contributed by atoms with E-state index < -0.39 is 0 Å². The normalized spacial score (nSPS) is 18.9. The molecule has 1 aliphatic rings. The van der Waals surface area contributed by atoms with Crippen molar-refractivity contribution >= 4 is 17.7 Å². The van der Waals surface area contributed by atoms with E-state index in [1.807, 2.05) is 36.0 Å². The number of nitrogens with one attached hydrogen (secondary N) is 1. The first-order valence-electron chi connectivity index (χ1n) is 6.37. The second kappa shape index (κ2) is 7.40. The molecule has 4 nitrogen and oxygen atoms in total. The smallest absolute Gasteiger partial charge is 0.307 e. The fourth-order valence-electron chi connectivity index (χ4n) is 1.94. The summed E-state index contributed by atoms with van der Waals surface area (Å²) in [6, 6.07) is 7.80. The predicted octanol–water partition coefficient (Wildman–Crippen LogP) is 1.83. The molecule has 104 valence electrons. The summed E-state index contributed by atoms with van der Waals surface area (Å²) < 4.78 is 10.4. The summed E-state index contributed by atoms with van der Waals surface area (Å²) in [5.41, 5.74) is 0.943. The third-order valence-electron chi connectivity index (χ3n) is 2.95. The number of benzene rings is 1. The van der Waals surface area contributed by atoms with Crippen LogP contribution in [0.25, 0.3) is 0 Å². The van der Waals surface area contributed by atoms with Crippen LogP contribution >= 0.6 is 11.8 Å². The Balaban J connectivity index is 1.76. The molecule has 0 radical (unpaired) electrons. The number of hydrogen-bond donors (Lipinski definition) is 1. The molecule has 1 heterocycles. The van der Waals surface area contributed by atoms with E-state index in [1.54, 1.807) is 7.11 Å². The molecule has 0 saturated carbocycles. The Morgan fingerprint density at radius 1 is 1.53 bits per heavy atom. The van der Waals surface area contributed by atoms with Crippen molar-refractivity contribution in [2.24, 2.45) is 0 Å². The number of thioether (sulfide) groups is 1. The van der Waals surface area contributed by atoms with Gasteiger partial charge in [0, 0.05) is 24.1 Å². The summed E-state index contributed by atoms with van der Waals surface area (Å²) in [7, 11) is 1.62. The molecule has 0 amide bonds. The molecule has 1 fully saturated rings. The van der Waals surface area contributed by atoms with Crippen LogP contribution in [0.1, 0.15) is 12.0 Å². The van der Waals surface area contributed by atoms with E-state index in [-0.39, 0.29) is 12.0 Å². The molecule has 1 unspecified atom stereocenters. The van der Waals surface area contributed by atoms with Gasteiger partial charge in [-0.15, -0.1) is 0 Å². The van der Waals surface area contributed by atoms with E-state index in [1.165, 1.54) is 0 Å². The van der Waals surface area contributed by atoms with Crippen LogP contribution in [0.15, 0.2) is 24.3 Å². The maximum Gasteiger partial charge on any atom is 0.307 e. The van der Waals surface area contributed by atoms with Crippen molar-refractivity contribution < 1.29 is 14.3 Å². The summed E-state index contributed by atoms with van der Waals surface area (Å²) in [6.07, 6.45) is 0.441. The summed E-state index contributed by atoms with van der Waals surface area (Å²) in [5, 5.41) is 3.32. The molecule has 1 atom stereocenters. The van der Waals surface area contributed by atoms with Gasteiger partial charge in [0.05, 0.1) is 13.5 Å². The summed E-state index contributed by atoms with van der Waals surface area (Å²) in [6.45, 7) is 1.27. The molecular formula is C14H19NO3S. The molecule has 0 spiro atoms. The Bertz CT molecular complexity index is 419. The topological polar surface area (TPSA) is 47.6 Å². The zero-order valence-corrected chi connectivity index (χ0v) is 11.9. The van der Waals surface area contributed by atoms with E-state index >= 15 is 0 Å². The predicted molar refractivity (Wildman–Crippen MR) is 76.5 cm³/mol. The van der Waals surface area contributed by atoms with Crippen molar-refractivity contribution in [2.45, 2.75) is 19.1 Å². The number of rotatable bonds is 5. The van der Waals surface area contributed by atoms with Gasteiger partial charge < -0.3 is 14.8 Å². The summed E-state index contributed by atoms with van der Waals surface area (Å²) >= 11 is 1.88.